The second-order valence-corrected chi connectivity index (χ2v) is 9.20. The van der Waals surface area contributed by atoms with Crippen LogP contribution in [0.3, 0.4) is 0 Å². The monoisotopic (exact) mass is 468 g/mol. The van der Waals surface area contributed by atoms with Gasteiger partial charge in [-0.1, -0.05) is 31.9 Å². The lowest BCUT2D eigenvalue weighted by Crippen LogP contribution is -2.40. The number of H-pyrrole nitrogens is 1. The molecular weight excluding hydrogens is 432 g/mol. The van der Waals surface area contributed by atoms with Gasteiger partial charge in [0, 0.05) is 24.3 Å². The van der Waals surface area contributed by atoms with Crippen LogP contribution in [0.4, 0.5) is 0 Å². The van der Waals surface area contributed by atoms with Crippen LogP contribution in [0.1, 0.15) is 80.5 Å². The number of nitrogens with zero attached hydrogens (tertiary/aromatic N) is 2. The summed E-state index contributed by atoms with van der Waals surface area (Å²) in [4.78, 5) is 46.0. The molecule has 8 heteroatoms. The van der Waals surface area contributed by atoms with E-state index < -0.39 is 5.97 Å². The van der Waals surface area contributed by atoms with E-state index in [1.54, 1.807) is 24.4 Å². The number of nitrogens with one attached hydrogen (secondary N) is 2. The molecule has 34 heavy (non-hydrogen) atoms. The van der Waals surface area contributed by atoms with Crippen molar-refractivity contribution in [2.75, 3.05) is 20.1 Å². The van der Waals surface area contributed by atoms with Crippen molar-refractivity contribution in [2.24, 2.45) is 5.92 Å². The van der Waals surface area contributed by atoms with E-state index in [-0.39, 0.29) is 29.2 Å². The summed E-state index contributed by atoms with van der Waals surface area (Å²) in [5.74, 6) is 0.0343. The van der Waals surface area contributed by atoms with Gasteiger partial charge in [0.15, 0.2) is 0 Å². The second-order valence-electron chi connectivity index (χ2n) is 9.20. The molecule has 0 aliphatic carbocycles. The molecule has 0 unspecified atom stereocenters. The number of carboxylic acid groups (broad SMARTS) is 1. The van der Waals surface area contributed by atoms with Gasteiger partial charge in [-0.3, -0.25) is 9.59 Å². The normalized spacial score (nSPS) is 15.7. The number of likely N-dealkylation sites (tertiary alicyclic amines) is 1. The van der Waals surface area contributed by atoms with Gasteiger partial charge in [-0.2, -0.15) is 0 Å². The van der Waals surface area contributed by atoms with Crippen LogP contribution in [-0.4, -0.2) is 57.8 Å². The van der Waals surface area contributed by atoms with Crippen LogP contribution in [0.2, 0.25) is 0 Å². The molecule has 1 fully saturated rings. The minimum Gasteiger partial charge on any atom is -0.478 e. The van der Waals surface area contributed by atoms with E-state index in [1.165, 1.54) is 0 Å². The van der Waals surface area contributed by atoms with Crippen molar-refractivity contribution < 1.29 is 19.5 Å². The van der Waals surface area contributed by atoms with Gasteiger partial charge in [0.05, 0.1) is 23.5 Å². The Morgan fingerprint density at radius 1 is 1.21 bits per heavy atom. The van der Waals surface area contributed by atoms with E-state index in [0.717, 1.165) is 57.2 Å². The maximum absolute atomic E-state index is 13.0. The number of aromatic carboxylic acids is 1. The number of aromatic amines is 1. The fourth-order valence-electron chi connectivity index (χ4n) is 4.34. The average Bonchev–Trinajstić information content (AvgIpc) is 3.33. The van der Waals surface area contributed by atoms with Gasteiger partial charge in [0.1, 0.15) is 11.6 Å². The third kappa shape index (κ3) is 7.25. The second kappa shape index (κ2) is 12.5. The number of carbonyl (C=O) groups is 3. The van der Waals surface area contributed by atoms with Gasteiger partial charge >= 0.3 is 5.97 Å². The average molecular weight is 469 g/mol. The lowest BCUT2D eigenvalue weighted by Gasteiger charge is -2.29. The highest BCUT2D eigenvalue weighted by molar-refractivity contribution is 5.89. The number of hydrogen-bond acceptors (Lipinski definition) is 5. The predicted molar refractivity (Wildman–Crippen MR) is 130 cm³/mol. The first-order valence-corrected chi connectivity index (χ1v) is 12.3. The lowest BCUT2D eigenvalue weighted by molar-refractivity contribution is -0.127. The quantitative estimate of drug-likeness (QED) is 0.402. The fraction of sp³-hybridized carbons (Fsp3) is 0.538. The SMILES string of the molecule is CCC(=O)CCCCC[C@H](NC(=O)C1CCN(C)CC1)c1ncc(-c2cccc(C(=O)O)c2)[nH]1. The van der Waals surface area contributed by atoms with E-state index in [9.17, 15) is 19.5 Å². The van der Waals surface area contributed by atoms with E-state index in [0.29, 0.717) is 24.4 Å². The zero-order valence-electron chi connectivity index (χ0n) is 20.2. The predicted octanol–water partition coefficient (Wildman–Crippen LogP) is 4.20. The molecule has 8 nitrogen and oxygen atoms in total. The molecule has 1 aromatic carbocycles. The summed E-state index contributed by atoms with van der Waals surface area (Å²) in [6, 6.07) is 6.44. The molecule has 2 heterocycles. The summed E-state index contributed by atoms with van der Waals surface area (Å²) < 4.78 is 0. The summed E-state index contributed by atoms with van der Waals surface area (Å²) in [6.45, 7) is 3.72. The highest BCUT2D eigenvalue weighted by atomic mass is 16.4. The number of hydrogen-bond donors (Lipinski definition) is 3. The number of ketones is 1. The smallest absolute Gasteiger partial charge is 0.335 e. The van der Waals surface area contributed by atoms with Crippen LogP contribution in [0.5, 0.6) is 0 Å². The topological polar surface area (TPSA) is 115 Å². The first kappa shape index (κ1) is 25.6. The molecule has 0 bridgehead atoms. The number of Topliss-reactive ketones (excluding diaryl/α,β-unsaturated/α-hetero) is 1. The molecule has 3 N–H and O–H groups in total. The number of aromatic nitrogens is 2. The van der Waals surface area contributed by atoms with Crippen molar-refractivity contribution in [3.05, 3.63) is 41.9 Å². The van der Waals surface area contributed by atoms with Gasteiger partial charge in [0.25, 0.3) is 0 Å². The molecule has 1 amide bonds. The Kier molecular flexibility index (Phi) is 9.39. The molecular formula is C26H36N4O4. The summed E-state index contributed by atoms with van der Waals surface area (Å²) in [7, 11) is 2.07. The summed E-state index contributed by atoms with van der Waals surface area (Å²) >= 11 is 0. The first-order chi connectivity index (χ1) is 16.4. The van der Waals surface area contributed by atoms with Crippen LogP contribution in [0.25, 0.3) is 11.3 Å². The third-order valence-electron chi connectivity index (χ3n) is 6.59. The molecule has 1 atom stereocenters. The van der Waals surface area contributed by atoms with E-state index in [1.807, 2.05) is 13.0 Å². The Morgan fingerprint density at radius 2 is 1.97 bits per heavy atom. The molecule has 2 aromatic rings. The van der Waals surface area contributed by atoms with Gasteiger partial charge in [-0.05, 0) is 58.0 Å². The van der Waals surface area contributed by atoms with Crippen LogP contribution in [0.15, 0.2) is 30.5 Å². The van der Waals surface area contributed by atoms with Gasteiger partial charge in [0.2, 0.25) is 5.91 Å². The number of amides is 1. The van der Waals surface area contributed by atoms with Crippen LogP contribution in [-0.2, 0) is 9.59 Å². The third-order valence-corrected chi connectivity index (χ3v) is 6.59. The molecule has 1 aromatic heterocycles. The molecule has 0 spiro atoms. The van der Waals surface area contributed by atoms with Crippen LogP contribution >= 0.6 is 0 Å². The Labute approximate surface area is 201 Å². The number of carbonyl (C=O) groups excluding carboxylic acids is 2. The Bertz CT molecular complexity index is 979. The number of rotatable bonds is 12. The number of imidazole rings is 1. The van der Waals surface area contributed by atoms with Crippen molar-refractivity contribution in [3.63, 3.8) is 0 Å². The Morgan fingerprint density at radius 3 is 2.68 bits per heavy atom. The molecule has 1 aliphatic heterocycles. The summed E-state index contributed by atoms with van der Waals surface area (Å²) in [5, 5.41) is 12.5. The Hall–Kier alpha value is -3.00. The van der Waals surface area contributed by atoms with Crippen LogP contribution in [0, 0.1) is 5.92 Å². The van der Waals surface area contributed by atoms with Crippen molar-refractivity contribution in [3.8, 4) is 11.3 Å². The molecule has 1 aliphatic rings. The minimum absolute atomic E-state index is 0.00237. The number of unbranched alkanes of at least 4 members (excludes halogenated alkanes) is 2. The fourth-order valence-corrected chi connectivity index (χ4v) is 4.34. The van der Waals surface area contributed by atoms with Crippen molar-refractivity contribution in [1.82, 2.24) is 20.2 Å². The molecule has 0 radical (unpaired) electrons. The highest BCUT2D eigenvalue weighted by Crippen LogP contribution is 2.25. The largest absolute Gasteiger partial charge is 0.478 e. The molecule has 3 rings (SSSR count). The standard InChI is InChI=1S/C26H36N4O4/c1-3-21(31)10-5-4-6-11-22(29-25(32)18-12-14-30(2)15-13-18)24-27-17-23(28-24)19-8-7-9-20(16-19)26(33)34/h7-9,16-18,22H,3-6,10-15H2,1-2H3,(H,27,28)(H,29,32)(H,33,34)/t22-/m0/s1. The zero-order chi connectivity index (χ0) is 24.5. The maximum atomic E-state index is 13.0. The molecule has 1 saturated heterocycles. The van der Waals surface area contributed by atoms with Crippen molar-refractivity contribution >= 4 is 17.7 Å². The first-order valence-electron chi connectivity index (χ1n) is 12.3. The lowest BCUT2D eigenvalue weighted by atomic mass is 9.95. The van der Waals surface area contributed by atoms with E-state index >= 15 is 0 Å². The zero-order valence-corrected chi connectivity index (χ0v) is 20.2. The number of carboxylic acids is 1. The van der Waals surface area contributed by atoms with Crippen molar-refractivity contribution in [1.29, 1.82) is 0 Å². The molecule has 184 valence electrons. The maximum Gasteiger partial charge on any atom is 0.335 e. The minimum atomic E-state index is -0.980. The summed E-state index contributed by atoms with van der Waals surface area (Å²) in [5.41, 5.74) is 1.66. The molecule has 0 saturated carbocycles. The summed E-state index contributed by atoms with van der Waals surface area (Å²) in [6.07, 6.45) is 7.93. The van der Waals surface area contributed by atoms with Gasteiger partial charge < -0.3 is 20.3 Å². The van der Waals surface area contributed by atoms with Crippen molar-refractivity contribution in [2.45, 2.75) is 64.3 Å². The van der Waals surface area contributed by atoms with Crippen LogP contribution < -0.4 is 5.32 Å². The van der Waals surface area contributed by atoms with Gasteiger partial charge in [-0.15, -0.1) is 0 Å². The van der Waals surface area contributed by atoms with Gasteiger partial charge in [-0.25, -0.2) is 9.78 Å². The van der Waals surface area contributed by atoms with E-state index in [2.05, 4.69) is 27.2 Å². The van der Waals surface area contributed by atoms with E-state index in [4.69, 9.17) is 0 Å². The number of benzene rings is 1. The highest BCUT2D eigenvalue weighted by Gasteiger charge is 2.26. The Balaban J connectivity index is 1.69. The number of piperidine rings is 1.